The first-order valence-electron chi connectivity index (χ1n) is 21.0. The molecule has 0 unspecified atom stereocenters. The van der Waals surface area contributed by atoms with E-state index in [4.69, 9.17) is 0 Å². The van der Waals surface area contributed by atoms with E-state index in [0.717, 1.165) is 33.8 Å². The van der Waals surface area contributed by atoms with E-state index in [1.54, 1.807) is 0 Å². The maximum absolute atomic E-state index is 2.50. The van der Waals surface area contributed by atoms with E-state index in [1.807, 2.05) is 0 Å². The number of para-hydroxylation sites is 1. The molecule has 0 spiro atoms. The number of hydrogen-bond donors (Lipinski definition) is 0. The SMILES string of the molecule is c1ccc(-c2cccc(N(c3cccc(-c4cccc5c4ccc4ccccc45)c3)c3ccccc3-c3cccc4cccc(-c5ccccc5)c34)c2-c2ccccc2)cc1. The highest BCUT2D eigenvalue weighted by Gasteiger charge is 2.24. The maximum atomic E-state index is 2.50. The van der Waals surface area contributed by atoms with E-state index < -0.39 is 0 Å². The van der Waals surface area contributed by atoms with Crippen molar-refractivity contribution in [2.45, 2.75) is 0 Å². The number of hydrogen-bond acceptors (Lipinski definition) is 1. The molecule has 0 bridgehead atoms. The molecule has 61 heavy (non-hydrogen) atoms. The van der Waals surface area contributed by atoms with Crippen LogP contribution >= 0.6 is 0 Å². The van der Waals surface area contributed by atoms with Crippen molar-refractivity contribution in [3.05, 3.63) is 249 Å². The van der Waals surface area contributed by atoms with Gasteiger partial charge in [-0.05, 0) is 101 Å². The predicted molar refractivity (Wildman–Crippen MR) is 261 cm³/mol. The van der Waals surface area contributed by atoms with Crippen molar-refractivity contribution in [3.8, 4) is 55.6 Å². The third-order valence-corrected chi connectivity index (χ3v) is 12.1. The van der Waals surface area contributed by atoms with E-state index in [2.05, 4.69) is 254 Å². The predicted octanol–water partition coefficient (Wildman–Crippen LogP) is 17.0. The van der Waals surface area contributed by atoms with Crippen molar-refractivity contribution < 1.29 is 0 Å². The minimum atomic E-state index is 1.08. The lowest BCUT2D eigenvalue weighted by molar-refractivity contribution is 1.28. The van der Waals surface area contributed by atoms with Gasteiger partial charge in [0.25, 0.3) is 0 Å². The first-order chi connectivity index (χ1) is 30.3. The molecule has 11 aromatic rings. The molecular weight excluding hydrogens is 735 g/mol. The Labute approximate surface area is 357 Å². The molecule has 0 aliphatic heterocycles. The molecule has 0 saturated heterocycles. The van der Waals surface area contributed by atoms with E-state index in [9.17, 15) is 0 Å². The van der Waals surface area contributed by atoms with Gasteiger partial charge in [-0.1, -0.05) is 224 Å². The molecule has 0 N–H and O–H groups in total. The van der Waals surface area contributed by atoms with Gasteiger partial charge >= 0.3 is 0 Å². The number of benzene rings is 11. The summed E-state index contributed by atoms with van der Waals surface area (Å²) in [6, 6.07) is 90.6. The number of anilines is 3. The summed E-state index contributed by atoms with van der Waals surface area (Å²) in [5.41, 5.74) is 15.1. The van der Waals surface area contributed by atoms with Crippen LogP contribution in [0.2, 0.25) is 0 Å². The van der Waals surface area contributed by atoms with Crippen LogP contribution in [0.3, 0.4) is 0 Å². The second-order valence-corrected chi connectivity index (χ2v) is 15.6. The Kier molecular flexibility index (Phi) is 9.26. The van der Waals surface area contributed by atoms with Crippen molar-refractivity contribution in [1.82, 2.24) is 0 Å². The molecule has 0 aliphatic rings. The first kappa shape index (κ1) is 36.1. The molecular formula is C60H41N. The molecule has 0 atom stereocenters. The molecule has 11 rings (SSSR count). The first-order valence-corrected chi connectivity index (χ1v) is 21.0. The lowest BCUT2D eigenvalue weighted by Crippen LogP contribution is -2.13. The van der Waals surface area contributed by atoms with Crippen LogP contribution in [0.25, 0.3) is 88.0 Å². The number of fused-ring (bicyclic) bond motifs is 4. The van der Waals surface area contributed by atoms with Gasteiger partial charge in [0, 0.05) is 16.8 Å². The molecule has 0 heterocycles. The van der Waals surface area contributed by atoms with Gasteiger partial charge in [-0.3, -0.25) is 0 Å². The van der Waals surface area contributed by atoms with E-state index >= 15 is 0 Å². The van der Waals surface area contributed by atoms with Crippen molar-refractivity contribution >= 4 is 49.4 Å². The Morgan fingerprint density at radius 2 is 0.754 bits per heavy atom. The van der Waals surface area contributed by atoms with E-state index in [0.29, 0.717) is 0 Å². The van der Waals surface area contributed by atoms with Crippen molar-refractivity contribution in [3.63, 3.8) is 0 Å². The van der Waals surface area contributed by atoms with Crippen LogP contribution in [0.5, 0.6) is 0 Å². The highest BCUT2D eigenvalue weighted by atomic mass is 15.1. The summed E-state index contributed by atoms with van der Waals surface area (Å²) in [6.07, 6.45) is 0. The lowest BCUT2D eigenvalue weighted by Gasteiger charge is -2.31. The lowest BCUT2D eigenvalue weighted by atomic mass is 9.89. The smallest absolute Gasteiger partial charge is 0.0546 e. The molecule has 1 nitrogen and oxygen atoms in total. The zero-order chi connectivity index (χ0) is 40.5. The number of rotatable bonds is 8. The quantitative estimate of drug-likeness (QED) is 0.139. The summed E-state index contributed by atoms with van der Waals surface area (Å²) in [7, 11) is 0. The van der Waals surface area contributed by atoms with Crippen LogP contribution in [0.15, 0.2) is 249 Å². The Hall–Kier alpha value is -8.00. The molecule has 0 radical (unpaired) electrons. The van der Waals surface area contributed by atoms with Gasteiger partial charge in [0.1, 0.15) is 0 Å². The van der Waals surface area contributed by atoms with E-state index in [1.165, 1.54) is 71.3 Å². The highest BCUT2D eigenvalue weighted by molar-refractivity contribution is 6.13. The Bertz CT molecular complexity index is 3350. The Morgan fingerprint density at radius 1 is 0.246 bits per heavy atom. The van der Waals surface area contributed by atoms with Gasteiger partial charge < -0.3 is 4.90 Å². The van der Waals surface area contributed by atoms with Gasteiger partial charge in [-0.2, -0.15) is 0 Å². The van der Waals surface area contributed by atoms with Gasteiger partial charge in [-0.15, -0.1) is 0 Å². The van der Waals surface area contributed by atoms with Gasteiger partial charge in [0.05, 0.1) is 11.4 Å². The normalized spacial score (nSPS) is 11.3. The summed E-state index contributed by atoms with van der Waals surface area (Å²) < 4.78 is 0. The molecule has 0 fully saturated rings. The fourth-order valence-electron chi connectivity index (χ4n) is 9.33. The van der Waals surface area contributed by atoms with Crippen LogP contribution in [-0.4, -0.2) is 0 Å². The molecule has 0 amide bonds. The second kappa shape index (κ2) is 15.6. The summed E-state index contributed by atoms with van der Waals surface area (Å²) in [5, 5.41) is 7.47. The highest BCUT2D eigenvalue weighted by Crippen LogP contribution is 2.50. The minimum Gasteiger partial charge on any atom is -0.309 e. The third kappa shape index (κ3) is 6.54. The van der Waals surface area contributed by atoms with Crippen LogP contribution in [-0.2, 0) is 0 Å². The van der Waals surface area contributed by atoms with Gasteiger partial charge in [-0.25, -0.2) is 0 Å². The second-order valence-electron chi connectivity index (χ2n) is 15.6. The van der Waals surface area contributed by atoms with Crippen molar-refractivity contribution in [1.29, 1.82) is 0 Å². The summed E-state index contributed by atoms with van der Waals surface area (Å²) in [6.45, 7) is 0. The fourth-order valence-corrected chi connectivity index (χ4v) is 9.33. The van der Waals surface area contributed by atoms with E-state index in [-0.39, 0.29) is 0 Å². The summed E-state index contributed by atoms with van der Waals surface area (Å²) >= 11 is 0. The van der Waals surface area contributed by atoms with Crippen LogP contribution in [0.1, 0.15) is 0 Å². The average molecular weight is 776 g/mol. The minimum absolute atomic E-state index is 1.08. The monoisotopic (exact) mass is 775 g/mol. The van der Waals surface area contributed by atoms with Gasteiger partial charge in [0.15, 0.2) is 0 Å². The molecule has 286 valence electrons. The summed E-state index contributed by atoms with van der Waals surface area (Å²) in [5.74, 6) is 0. The Morgan fingerprint density at radius 3 is 1.54 bits per heavy atom. The number of nitrogens with zero attached hydrogens (tertiary/aromatic N) is 1. The standard InChI is InChI=1S/C60H41N/c1-4-19-42(20-5-1)51-33-15-26-45-27-16-36-56(59(45)51)55-31-12-13-37-57(55)61(58-38-18-34-52(43-21-6-2-7-22-43)60(58)46-24-8-3-9-25-46)48-29-14-28-47(41-48)50-32-17-35-53-49-30-11-10-23-44(49)39-40-54(50)53/h1-41H. The zero-order valence-electron chi connectivity index (χ0n) is 33.6. The molecule has 0 aliphatic carbocycles. The maximum Gasteiger partial charge on any atom is 0.0546 e. The summed E-state index contributed by atoms with van der Waals surface area (Å²) in [4.78, 5) is 2.50. The third-order valence-electron chi connectivity index (χ3n) is 12.1. The fraction of sp³-hybridized carbons (Fsp3) is 0. The molecule has 11 aromatic carbocycles. The molecule has 0 aromatic heterocycles. The largest absolute Gasteiger partial charge is 0.309 e. The average Bonchev–Trinajstić information content (AvgIpc) is 3.34. The van der Waals surface area contributed by atoms with Crippen LogP contribution in [0.4, 0.5) is 17.1 Å². The van der Waals surface area contributed by atoms with Crippen molar-refractivity contribution in [2.75, 3.05) is 4.90 Å². The van der Waals surface area contributed by atoms with Crippen molar-refractivity contribution in [2.24, 2.45) is 0 Å². The van der Waals surface area contributed by atoms with Crippen LogP contribution in [0, 0.1) is 0 Å². The molecule has 0 saturated carbocycles. The zero-order valence-corrected chi connectivity index (χ0v) is 33.6. The topological polar surface area (TPSA) is 3.24 Å². The Balaban J connectivity index is 1.20. The van der Waals surface area contributed by atoms with Crippen LogP contribution < -0.4 is 4.90 Å². The van der Waals surface area contributed by atoms with Gasteiger partial charge in [0.2, 0.25) is 0 Å². The molecule has 1 heteroatoms.